The Hall–Kier alpha value is -4.41. The van der Waals surface area contributed by atoms with Gasteiger partial charge in [-0.15, -0.1) is 0 Å². The van der Waals surface area contributed by atoms with Gasteiger partial charge in [0.15, 0.2) is 0 Å². The molecule has 0 unspecified atom stereocenters. The van der Waals surface area contributed by atoms with Crippen molar-refractivity contribution in [3.63, 3.8) is 0 Å². The van der Waals surface area contributed by atoms with Crippen LogP contribution >= 0.6 is 0 Å². The second kappa shape index (κ2) is 11.3. The summed E-state index contributed by atoms with van der Waals surface area (Å²) in [5, 5.41) is 0. The molecule has 5 aromatic rings. The van der Waals surface area contributed by atoms with Crippen LogP contribution < -0.4 is 0 Å². The van der Waals surface area contributed by atoms with Crippen LogP contribution in [0.5, 0.6) is 0 Å². The molecule has 0 amide bonds. The van der Waals surface area contributed by atoms with E-state index >= 15 is 4.39 Å². The highest BCUT2D eigenvalue weighted by atomic mass is 19.1. The van der Waals surface area contributed by atoms with E-state index < -0.39 is 0 Å². The number of hydrogen-bond donors (Lipinski definition) is 0. The number of rotatable bonds is 5. The van der Waals surface area contributed by atoms with Crippen LogP contribution in [0.4, 0.5) is 4.39 Å². The Morgan fingerprint density at radius 2 is 1.00 bits per heavy atom. The van der Waals surface area contributed by atoms with Gasteiger partial charge in [0.1, 0.15) is 5.82 Å². The van der Waals surface area contributed by atoms with Crippen LogP contribution in [0.1, 0.15) is 38.9 Å². The zero-order chi connectivity index (χ0) is 26.5. The minimum Gasteiger partial charge on any atom is -0.206 e. The molecule has 5 rings (SSSR count). The van der Waals surface area contributed by atoms with Gasteiger partial charge < -0.3 is 0 Å². The van der Waals surface area contributed by atoms with Crippen LogP contribution in [0.25, 0.3) is 22.3 Å². The van der Waals surface area contributed by atoms with Crippen molar-refractivity contribution in [2.75, 3.05) is 0 Å². The number of halogens is 1. The van der Waals surface area contributed by atoms with E-state index in [-0.39, 0.29) is 5.82 Å². The Bertz CT molecular complexity index is 1590. The van der Waals surface area contributed by atoms with Gasteiger partial charge in [0.25, 0.3) is 0 Å². The lowest BCUT2D eigenvalue weighted by molar-refractivity contribution is 0.630. The van der Waals surface area contributed by atoms with E-state index in [0.29, 0.717) is 11.1 Å². The monoisotopic (exact) mass is 494 g/mol. The van der Waals surface area contributed by atoms with Gasteiger partial charge in [-0.2, -0.15) is 0 Å². The molecule has 0 atom stereocenters. The summed E-state index contributed by atoms with van der Waals surface area (Å²) in [6, 6.07) is 37.0. The van der Waals surface area contributed by atoms with E-state index in [9.17, 15) is 0 Å². The molecule has 1 heteroatoms. The summed E-state index contributed by atoms with van der Waals surface area (Å²) in [7, 11) is 0. The lowest BCUT2D eigenvalue weighted by atomic mass is 9.96. The highest BCUT2D eigenvalue weighted by Crippen LogP contribution is 2.29. The average molecular weight is 495 g/mol. The van der Waals surface area contributed by atoms with Gasteiger partial charge in [-0.25, -0.2) is 4.39 Å². The Morgan fingerprint density at radius 1 is 0.526 bits per heavy atom. The van der Waals surface area contributed by atoms with Crippen molar-refractivity contribution in [1.82, 2.24) is 0 Å². The van der Waals surface area contributed by atoms with E-state index in [1.165, 1.54) is 22.3 Å². The molecule has 0 aromatic heterocycles. The summed E-state index contributed by atoms with van der Waals surface area (Å²) in [6.45, 7) is 6.18. The Kier molecular flexibility index (Phi) is 7.52. The fourth-order valence-electron chi connectivity index (χ4n) is 4.56. The second-order valence-electron chi connectivity index (χ2n) is 10.0. The fraction of sp³-hybridized carbons (Fsp3) is 0.135. The maximum atomic E-state index is 15.1. The molecule has 0 bridgehead atoms. The molecule has 0 aliphatic rings. The molecule has 0 heterocycles. The molecule has 0 radical (unpaired) electrons. The molecule has 5 aromatic carbocycles. The van der Waals surface area contributed by atoms with Crippen molar-refractivity contribution in [3.8, 4) is 34.1 Å². The minimum atomic E-state index is -0.255. The summed E-state index contributed by atoms with van der Waals surface area (Å²) in [5.74, 6) is 6.13. The Labute approximate surface area is 225 Å². The predicted molar refractivity (Wildman–Crippen MR) is 158 cm³/mol. The normalized spacial score (nSPS) is 10.6. The summed E-state index contributed by atoms with van der Waals surface area (Å²) >= 11 is 0. The average Bonchev–Trinajstić information content (AvgIpc) is 2.94. The van der Waals surface area contributed by atoms with Crippen LogP contribution in [0.3, 0.4) is 0 Å². The summed E-state index contributed by atoms with van der Waals surface area (Å²) in [6.07, 6.45) is 2.01. The first-order valence-corrected chi connectivity index (χ1v) is 13.1. The van der Waals surface area contributed by atoms with Crippen LogP contribution in [0, 0.1) is 38.4 Å². The van der Waals surface area contributed by atoms with Gasteiger partial charge in [-0.3, -0.25) is 0 Å². The highest BCUT2D eigenvalue weighted by Gasteiger charge is 2.09. The van der Waals surface area contributed by atoms with Crippen molar-refractivity contribution >= 4 is 0 Å². The first-order chi connectivity index (χ1) is 18.4. The topological polar surface area (TPSA) is 0 Å². The van der Waals surface area contributed by atoms with Crippen molar-refractivity contribution < 1.29 is 4.39 Å². The molecule has 38 heavy (non-hydrogen) atoms. The predicted octanol–water partition coefficient (Wildman–Crippen LogP) is 9.27. The third kappa shape index (κ3) is 6.10. The fourth-order valence-corrected chi connectivity index (χ4v) is 4.56. The number of aryl methyl sites for hydroxylation is 5. The van der Waals surface area contributed by atoms with Gasteiger partial charge in [0, 0.05) is 16.7 Å². The van der Waals surface area contributed by atoms with E-state index in [4.69, 9.17) is 0 Å². The van der Waals surface area contributed by atoms with Crippen molar-refractivity contribution in [1.29, 1.82) is 0 Å². The molecular formula is C37H31F. The smallest absolute Gasteiger partial charge is 0.132 e. The van der Waals surface area contributed by atoms with Gasteiger partial charge in [-0.05, 0) is 91.3 Å². The Morgan fingerprint density at radius 3 is 1.58 bits per heavy atom. The van der Waals surface area contributed by atoms with Gasteiger partial charge >= 0.3 is 0 Å². The van der Waals surface area contributed by atoms with Gasteiger partial charge in [-0.1, -0.05) is 108 Å². The molecular weight excluding hydrogens is 463 g/mol. The van der Waals surface area contributed by atoms with Crippen LogP contribution in [-0.2, 0) is 12.8 Å². The molecule has 0 aliphatic heterocycles. The third-order valence-electron chi connectivity index (χ3n) is 7.01. The van der Waals surface area contributed by atoms with E-state index in [1.54, 1.807) is 6.07 Å². The third-order valence-corrected chi connectivity index (χ3v) is 7.01. The maximum Gasteiger partial charge on any atom is 0.132 e. The first kappa shape index (κ1) is 25.2. The lowest BCUT2D eigenvalue weighted by Gasteiger charge is -2.09. The Balaban J connectivity index is 1.28. The lowest BCUT2D eigenvalue weighted by Crippen LogP contribution is -1.92. The summed E-state index contributed by atoms with van der Waals surface area (Å²) in [5.41, 5.74) is 11.5. The van der Waals surface area contributed by atoms with E-state index in [1.807, 2.05) is 49.4 Å². The molecule has 0 nitrogen and oxygen atoms in total. The minimum absolute atomic E-state index is 0.255. The number of benzene rings is 5. The van der Waals surface area contributed by atoms with Crippen molar-refractivity contribution in [2.45, 2.75) is 33.6 Å². The quantitative estimate of drug-likeness (QED) is 0.214. The molecule has 0 N–H and O–H groups in total. The largest absolute Gasteiger partial charge is 0.206 e. The first-order valence-electron chi connectivity index (χ1n) is 13.1. The van der Waals surface area contributed by atoms with Crippen LogP contribution in [-0.4, -0.2) is 0 Å². The SMILES string of the molecule is Cc1ccc(CCc2ccc(C#Cc3cc(F)c(-c4ccc(-c5ccc(C)cc5)cc4)cc3C)cc2)cc1. The second-order valence-corrected chi connectivity index (χ2v) is 10.0. The molecule has 186 valence electrons. The van der Waals surface area contributed by atoms with Gasteiger partial charge in [0.2, 0.25) is 0 Å². The van der Waals surface area contributed by atoms with E-state index in [2.05, 4.69) is 86.4 Å². The zero-order valence-electron chi connectivity index (χ0n) is 22.2. The summed E-state index contributed by atoms with van der Waals surface area (Å²) in [4.78, 5) is 0. The van der Waals surface area contributed by atoms with Crippen LogP contribution in [0.2, 0.25) is 0 Å². The molecule has 0 saturated heterocycles. The molecule has 0 fully saturated rings. The van der Waals surface area contributed by atoms with E-state index in [0.717, 1.165) is 40.7 Å². The van der Waals surface area contributed by atoms with Crippen molar-refractivity contribution in [2.24, 2.45) is 0 Å². The standard InChI is InChI=1S/C37H31F/c1-26-4-8-29(9-5-26)10-11-30-12-14-31(15-13-30)16-19-35-25-37(38)36(24-28(35)3)34-22-20-33(21-23-34)32-17-6-27(2)7-18-32/h4-9,12-15,17-18,20-25H,10-11H2,1-3H3. The van der Waals surface area contributed by atoms with Gasteiger partial charge in [0.05, 0.1) is 0 Å². The summed E-state index contributed by atoms with van der Waals surface area (Å²) < 4.78 is 15.1. The van der Waals surface area contributed by atoms with Crippen molar-refractivity contribution in [3.05, 3.63) is 154 Å². The molecule has 0 aliphatic carbocycles. The molecule has 0 spiro atoms. The zero-order valence-corrected chi connectivity index (χ0v) is 22.2. The number of hydrogen-bond acceptors (Lipinski definition) is 0. The molecule has 0 saturated carbocycles. The maximum absolute atomic E-state index is 15.1. The highest BCUT2D eigenvalue weighted by molar-refractivity contribution is 5.72. The van der Waals surface area contributed by atoms with Crippen LogP contribution in [0.15, 0.2) is 109 Å².